The van der Waals surface area contributed by atoms with Crippen LogP contribution in [0.5, 0.6) is 0 Å². The van der Waals surface area contributed by atoms with Gasteiger partial charge in [-0.15, -0.1) is 10.1 Å². The van der Waals surface area contributed by atoms with Crippen molar-refractivity contribution in [3.05, 3.63) is 56.9 Å². The molecule has 0 amide bonds. The largest absolute Gasteiger partial charge is 0.504 e. The van der Waals surface area contributed by atoms with Crippen LogP contribution in [-0.4, -0.2) is 28.4 Å². The second-order valence-corrected chi connectivity index (χ2v) is 7.52. The zero-order valence-electron chi connectivity index (χ0n) is 16.4. The van der Waals surface area contributed by atoms with Gasteiger partial charge in [0.15, 0.2) is 11.5 Å². The summed E-state index contributed by atoms with van der Waals surface area (Å²) in [4.78, 5) is 39.7. The van der Waals surface area contributed by atoms with E-state index in [4.69, 9.17) is 0 Å². The van der Waals surface area contributed by atoms with E-state index in [1.54, 1.807) is 0 Å². The number of hydrogen-bond acceptors (Lipinski definition) is 6. The fourth-order valence-corrected chi connectivity index (χ4v) is 3.84. The quantitative estimate of drug-likeness (QED) is 0.208. The Morgan fingerprint density at radius 2 is 2.07 bits per heavy atom. The predicted molar refractivity (Wildman–Crippen MR) is 104 cm³/mol. The van der Waals surface area contributed by atoms with Crippen molar-refractivity contribution < 1.29 is 24.6 Å². The van der Waals surface area contributed by atoms with Crippen molar-refractivity contribution in [2.24, 2.45) is 11.8 Å². The molecule has 2 aliphatic rings. The SMILES string of the molecule is C=C(C)[C@@H]1CCC(C)=C[C@H]1C1=C(O)C(=O)C(CCCCCO[N+](=O)[O-])=CC1=O. The molecule has 0 fully saturated rings. The molecule has 0 radical (unpaired) electrons. The summed E-state index contributed by atoms with van der Waals surface area (Å²) in [6.45, 7) is 7.91. The second kappa shape index (κ2) is 9.48. The fourth-order valence-electron chi connectivity index (χ4n) is 3.84. The highest BCUT2D eigenvalue weighted by Crippen LogP contribution is 2.40. The number of aliphatic hydroxyl groups is 1. The summed E-state index contributed by atoms with van der Waals surface area (Å²) in [5, 5.41) is 19.8. The highest BCUT2D eigenvalue weighted by molar-refractivity contribution is 6.22. The van der Waals surface area contributed by atoms with Crippen molar-refractivity contribution in [2.45, 2.75) is 52.4 Å². The summed E-state index contributed by atoms with van der Waals surface area (Å²) in [7, 11) is 0. The van der Waals surface area contributed by atoms with Gasteiger partial charge in [0.25, 0.3) is 5.09 Å². The lowest BCUT2D eigenvalue weighted by Crippen LogP contribution is -2.29. The van der Waals surface area contributed by atoms with E-state index in [0.29, 0.717) is 25.7 Å². The van der Waals surface area contributed by atoms with Crippen LogP contribution in [0.3, 0.4) is 0 Å². The van der Waals surface area contributed by atoms with E-state index in [-0.39, 0.29) is 35.4 Å². The standard InChI is InChI=1S/C21H27NO6/c1-13(2)16-9-8-14(3)11-17(16)19-18(23)12-15(20(24)21(19)25)7-5-4-6-10-28-22(26)27/h11-12,16-17,25H,1,4-10H2,2-3H3/t16-,17+/m0/s1. The van der Waals surface area contributed by atoms with Gasteiger partial charge in [0.2, 0.25) is 5.78 Å². The number of carbonyl (C=O) groups is 2. The van der Waals surface area contributed by atoms with Crippen LogP contribution in [0, 0.1) is 22.0 Å². The molecule has 0 unspecified atom stereocenters. The molecule has 0 aromatic heterocycles. The maximum Gasteiger partial charge on any atom is 0.294 e. The molecule has 0 bridgehead atoms. The monoisotopic (exact) mass is 389 g/mol. The Hall–Kier alpha value is -2.70. The van der Waals surface area contributed by atoms with Crippen molar-refractivity contribution in [1.29, 1.82) is 0 Å². The smallest absolute Gasteiger partial charge is 0.294 e. The zero-order chi connectivity index (χ0) is 20.8. The first-order valence-corrected chi connectivity index (χ1v) is 9.55. The van der Waals surface area contributed by atoms with Crippen LogP contribution < -0.4 is 0 Å². The molecule has 7 nitrogen and oxygen atoms in total. The van der Waals surface area contributed by atoms with Crippen LogP contribution in [-0.2, 0) is 14.4 Å². The van der Waals surface area contributed by atoms with E-state index in [0.717, 1.165) is 24.0 Å². The Morgan fingerprint density at radius 1 is 1.36 bits per heavy atom. The number of nitrogens with zero attached hydrogens (tertiary/aromatic N) is 1. The van der Waals surface area contributed by atoms with Gasteiger partial charge in [-0.1, -0.05) is 30.2 Å². The van der Waals surface area contributed by atoms with Crippen molar-refractivity contribution in [3.8, 4) is 0 Å². The van der Waals surface area contributed by atoms with Gasteiger partial charge in [0.05, 0.1) is 12.2 Å². The van der Waals surface area contributed by atoms with Gasteiger partial charge < -0.3 is 9.94 Å². The van der Waals surface area contributed by atoms with Crippen LogP contribution in [0.25, 0.3) is 0 Å². The van der Waals surface area contributed by atoms with Crippen LogP contribution in [0.4, 0.5) is 0 Å². The Bertz CT molecular complexity index is 774. The average molecular weight is 389 g/mol. The lowest BCUT2D eigenvalue weighted by molar-refractivity contribution is -0.757. The molecule has 0 aromatic carbocycles. The fraction of sp³-hybridized carbons (Fsp3) is 0.524. The number of Topliss-reactive ketones (excluding diaryl/α,β-unsaturated/α-hetero) is 1. The Kier molecular flexibility index (Phi) is 7.31. The molecule has 28 heavy (non-hydrogen) atoms. The zero-order valence-corrected chi connectivity index (χ0v) is 16.4. The Morgan fingerprint density at radius 3 is 2.71 bits per heavy atom. The van der Waals surface area contributed by atoms with Crippen molar-refractivity contribution in [1.82, 2.24) is 0 Å². The van der Waals surface area contributed by atoms with Gasteiger partial charge in [-0.2, -0.15) is 0 Å². The van der Waals surface area contributed by atoms with Gasteiger partial charge in [-0.05, 0) is 57.9 Å². The normalized spacial score (nSPS) is 22.6. The number of aliphatic hydroxyl groups excluding tert-OH is 1. The van der Waals surface area contributed by atoms with E-state index in [1.807, 2.05) is 19.9 Å². The third kappa shape index (κ3) is 5.18. The molecule has 2 atom stereocenters. The average Bonchev–Trinajstić information content (AvgIpc) is 2.61. The Balaban J connectivity index is 2.07. The number of ketones is 2. The molecule has 7 heteroatoms. The summed E-state index contributed by atoms with van der Waals surface area (Å²) in [6, 6.07) is 0. The number of unbranched alkanes of at least 4 members (excludes halogenated alkanes) is 2. The molecular formula is C21H27NO6. The molecule has 152 valence electrons. The summed E-state index contributed by atoms with van der Waals surface area (Å²) >= 11 is 0. The topological polar surface area (TPSA) is 107 Å². The first kappa shape index (κ1) is 21.6. The van der Waals surface area contributed by atoms with Crippen molar-refractivity contribution >= 4 is 11.6 Å². The number of allylic oxidation sites excluding steroid dienone is 6. The highest BCUT2D eigenvalue weighted by atomic mass is 16.9. The molecule has 0 heterocycles. The van der Waals surface area contributed by atoms with Crippen LogP contribution in [0.15, 0.2) is 46.8 Å². The third-order valence-electron chi connectivity index (χ3n) is 5.33. The third-order valence-corrected chi connectivity index (χ3v) is 5.33. The predicted octanol–water partition coefficient (Wildman–Crippen LogP) is 4.19. The molecule has 2 aliphatic carbocycles. The molecule has 0 saturated heterocycles. The second-order valence-electron chi connectivity index (χ2n) is 7.52. The minimum atomic E-state index is -0.837. The maximum absolute atomic E-state index is 12.7. The van der Waals surface area contributed by atoms with Gasteiger partial charge in [-0.25, -0.2) is 0 Å². The summed E-state index contributed by atoms with van der Waals surface area (Å²) in [5.41, 5.74) is 2.51. The van der Waals surface area contributed by atoms with E-state index >= 15 is 0 Å². The summed E-state index contributed by atoms with van der Waals surface area (Å²) < 4.78 is 0. The van der Waals surface area contributed by atoms with E-state index in [2.05, 4.69) is 11.4 Å². The van der Waals surface area contributed by atoms with Crippen LogP contribution in [0.2, 0.25) is 0 Å². The van der Waals surface area contributed by atoms with Gasteiger partial charge in [0, 0.05) is 11.5 Å². The van der Waals surface area contributed by atoms with E-state index in [9.17, 15) is 24.8 Å². The lowest BCUT2D eigenvalue weighted by Gasteiger charge is -2.32. The first-order valence-electron chi connectivity index (χ1n) is 9.55. The van der Waals surface area contributed by atoms with E-state index in [1.165, 1.54) is 6.08 Å². The lowest BCUT2D eigenvalue weighted by atomic mass is 9.71. The van der Waals surface area contributed by atoms with Crippen LogP contribution in [0.1, 0.15) is 52.4 Å². The molecule has 0 aliphatic heterocycles. The number of carbonyl (C=O) groups excluding carboxylic acids is 2. The minimum absolute atomic E-state index is 0.00385. The molecular weight excluding hydrogens is 362 g/mol. The van der Waals surface area contributed by atoms with Gasteiger partial charge in [-0.3, -0.25) is 9.59 Å². The number of rotatable bonds is 9. The Labute approximate surface area is 164 Å². The maximum atomic E-state index is 12.7. The number of hydrogen-bond donors (Lipinski definition) is 1. The van der Waals surface area contributed by atoms with E-state index < -0.39 is 16.6 Å². The van der Waals surface area contributed by atoms with Crippen molar-refractivity contribution in [3.63, 3.8) is 0 Å². The van der Waals surface area contributed by atoms with Crippen molar-refractivity contribution in [2.75, 3.05) is 6.61 Å². The minimum Gasteiger partial charge on any atom is -0.504 e. The van der Waals surface area contributed by atoms with Gasteiger partial charge >= 0.3 is 0 Å². The molecule has 2 rings (SSSR count). The van der Waals surface area contributed by atoms with Crippen LogP contribution >= 0.6 is 0 Å². The molecule has 0 saturated carbocycles. The molecule has 1 N–H and O–H groups in total. The summed E-state index contributed by atoms with van der Waals surface area (Å²) in [6.07, 6.45) is 7.05. The highest BCUT2D eigenvalue weighted by Gasteiger charge is 2.37. The van der Waals surface area contributed by atoms with Gasteiger partial charge in [0.1, 0.15) is 0 Å². The molecule has 0 aromatic rings. The first-order chi connectivity index (χ1) is 13.2. The molecule has 0 spiro atoms. The summed E-state index contributed by atoms with van der Waals surface area (Å²) in [5.74, 6) is -1.60.